The fraction of sp³-hybridized carbons (Fsp3) is 0.111. The van der Waals surface area contributed by atoms with E-state index in [1.165, 1.54) is 11.8 Å². The van der Waals surface area contributed by atoms with Gasteiger partial charge < -0.3 is 9.30 Å². The van der Waals surface area contributed by atoms with Crippen LogP contribution >= 0.6 is 58.8 Å². The van der Waals surface area contributed by atoms with Crippen molar-refractivity contribution in [2.24, 2.45) is 0 Å². The lowest BCUT2D eigenvalue weighted by atomic mass is 10.1. The molecule has 0 N–H and O–H groups in total. The number of hydrogen-bond donors (Lipinski definition) is 0. The summed E-state index contributed by atoms with van der Waals surface area (Å²) in [5, 5.41) is 1.62. The van der Waals surface area contributed by atoms with Gasteiger partial charge >= 0.3 is 0 Å². The third kappa shape index (κ3) is 5.38. The van der Waals surface area contributed by atoms with Crippen LogP contribution in [0, 0.1) is 0 Å². The summed E-state index contributed by atoms with van der Waals surface area (Å²) in [6.45, 7) is 0.692. The minimum absolute atomic E-state index is 0.0386. The van der Waals surface area contributed by atoms with Crippen LogP contribution in [0.4, 0.5) is 0 Å². The van der Waals surface area contributed by atoms with E-state index in [1.807, 2.05) is 35.0 Å². The first-order valence-electron chi connectivity index (χ1n) is 7.56. The minimum atomic E-state index is 0.0386. The predicted molar refractivity (Wildman–Crippen MR) is 114 cm³/mol. The molecule has 2 aromatic carbocycles. The largest absolute Gasteiger partial charge is 0.440 e. The molecule has 1 unspecified atom stereocenters. The number of benzene rings is 2. The molecule has 0 spiro atoms. The van der Waals surface area contributed by atoms with Gasteiger partial charge in [0, 0.05) is 30.0 Å². The number of hydrogen-bond acceptors (Lipinski definition) is 4. The summed E-state index contributed by atoms with van der Waals surface area (Å²) >= 11 is 24.8. The molecule has 0 fully saturated rings. The summed E-state index contributed by atoms with van der Waals surface area (Å²) in [6.07, 6.45) is 5.42. The van der Waals surface area contributed by atoms with Crippen molar-refractivity contribution in [3.8, 4) is 5.75 Å². The normalized spacial score (nSPS) is 12.0. The van der Waals surface area contributed by atoms with E-state index in [2.05, 4.69) is 4.98 Å². The van der Waals surface area contributed by atoms with Crippen molar-refractivity contribution in [1.29, 1.82) is 0 Å². The highest BCUT2D eigenvalue weighted by molar-refractivity contribution is 8.22. The third-order valence-electron chi connectivity index (χ3n) is 3.51. The topological polar surface area (TPSA) is 27.1 Å². The molecule has 0 radical (unpaired) electrons. The maximum absolute atomic E-state index is 6.02. The van der Waals surface area contributed by atoms with Gasteiger partial charge in [0.15, 0.2) is 0 Å². The molecule has 0 aliphatic carbocycles. The molecule has 3 nitrogen and oxygen atoms in total. The lowest BCUT2D eigenvalue weighted by Gasteiger charge is -2.18. The Morgan fingerprint density at radius 1 is 1.12 bits per heavy atom. The van der Waals surface area contributed by atoms with Crippen LogP contribution in [0.25, 0.3) is 0 Å². The fourth-order valence-corrected chi connectivity index (χ4v) is 4.03. The Morgan fingerprint density at radius 2 is 1.88 bits per heavy atom. The summed E-state index contributed by atoms with van der Waals surface area (Å²) in [5.74, 6) is 0.550. The van der Waals surface area contributed by atoms with Gasteiger partial charge in [0.05, 0.1) is 21.6 Å². The molecule has 0 bridgehead atoms. The number of imidazole rings is 1. The molecular weight excluding hydrogens is 431 g/mol. The Labute approximate surface area is 176 Å². The molecule has 134 valence electrons. The molecule has 0 amide bonds. The quantitative estimate of drug-likeness (QED) is 0.411. The van der Waals surface area contributed by atoms with E-state index < -0.39 is 0 Å². The molecule has 3 aromatic rings. The van der Waals surface area contributed by atoms with Crippen molar-refractivity contribution in [3.05, 3.63) is 81.8 Å². The Hall–Kier alpha value is -1.24. The second kappa shape index (κ2) is 9.11. The smallest absolute Gasteiger partial charge is 0.226 e. The van der Waals surface area contributed by atoms with E-state index in [9.17, 15) is 0 Å². The molecule has 1 aromatic heterocycles. The second-order valence-electron chi connectivity index (χ2n) is 5.35. The zero-order valence-corrected chi connectivity index (χ0v) is 17.2. The van der Waals surface area contributed by atoms with Crippen LogP contribution in [0.5, 0.6) is 5.75 Å². The SMILES string of the molecule is S=C(Oc1ccc(Cl)c(Cl)c1)SC(Cn1ccnc1)c1ccc(Cl)cc1. The summed E-state index contributed by atoms with van der Waals surface area (Å²) < 4.78 is 8.13. The molecule has 0 saturated heterocycles. The molecular formula is C18H13Cl3N2OS2. The van der Waals surface area contributed by atoms with Crippen LogP contribution in [0.15, 0.2) is 61.2 Å². The monoisotopic (exact) mass is 442 g/mol. The first kappa shape index (κ1) is 19.5. The van der Waals surface area contributed by atoms with Gasteiger partial charge in [-0.05, 0) is 42.0 Å². The highest BCUT2D eigenvalue weighted by Crippen LogP contribution is 2.34. The van der Waals surface area contributed by atoms with Crippen molar-refractivity contribution in [3.63, 3.8) is 0 Å². The molecule has 1 heterocycles. The molecule has 8 heteroatoms. The number of ether oxygens (including phenoxy) is 1. The highest BCUT2D eigenvalue weighted by Gasteiger charge is 2.17. The van der Waals surface area contributed by atoms with E-state index in [0.717, 1.165) is 5.56 Å². The zero-order chi connectivity index (χ0) is 18.5. The average Bonchev–Trinajstić information content (AvgIpc) is 3.11. The maximum atomic E-state index is 6.02. The van der Waals surface area contributed by atoms with Crippen LogP contribution < -0.4 is 4.74 Å². The van der Waals surface area contributed by atoms with Gasteiger partial charge in [-0.1, -0.05) is 58.7 Å². The zero-order valence-electron chi connectivity index (χ0n) is 13.3. The van der Waals surface area contributed by atoms with Crippen LogP contribution in [0.1, 0.15) is 10.8 Å². The lowest BCUT2D eigenvalue weighted by molar-refractivity contribution is 0.578. The van der Waals surface area contributed by atoms with Crippen LogP contribution in [0.3, 0.4) is 0 Å². The van der Waals surface area contributed by atoms with Crippen LogP contribution in [0.2, 0.25) is 15.1 Å². The van der Waals surface area contributed by atoms with Crippen molar-refractivity contribution in [2.45, 2.75) is 11.8 Å². The summed E-state index contributed by atoms with van der Waals surface area (Å²) in [4.78, 5) is 4.09. The predicted octanol–water partition coefficient (Wildman–Crippen LogP) is 6.68. The van der Waals surface area contributed by atoms with E-state index in [-0.39, 0.29) is 5.25 Å². The number of halogens is 3. The number of thioether (sulfide) groups is 1. The van der Waals surface area contributed by atoms with Crippen molar-refractivity contribution in [1.82, 2.24) is 9.55 Å². The average molecular weight is 444 g/mol. The number of nitrogens with zero attached hydrogens (tertiary/aromatic N) is 2. The maximum Gasteiger partial charge on any atom is 0.226 e. The van der Waals surface area contributed by atoms with Gasteiger partial charge in [-0.15, -0.1) is 0 Å². The van der Waals surface area contributed by atoms with Gasteiger partial charge in [-0.2, -0.15) is 0 Å². The number of aromatic nitrogens is 2. The van der Waals surface area contributed by atoms with Crippen LogP contribution in [-0.2, 0) is 6.54 Å². The Balaban J connectivity index is 1.74. The van der Waals surface area contributed by atoms with Gasteiger partial charge in [-0.3, -0.25) is 0 Å². The summed E-state index contributed by atoms with van der Waals surface area (Å²) in [6, 6.07) is 12.7. The fourth-order valence-electron chi connectivity index (χ4n) is 2.25. The van der Waals surface area contributed by atoms with E-state index in [0.29, 0.717) is 31.7 Å². The Bertz CT molecular complexity index is 886. The molecule has 3 rings (SSSR count). The first-order valence-corrected chi connectivity index (χ1v) is 9.98. The van der Waals surface area contributed by atoms with E-state index in [1.54, 1.807) is 30.7 Å². The minimum Gasteiger partial charge on any atom is -0.440 e. The van der Waals surface area contributed by atoms with Gasteiger partial charge in [0.25, 0.3) is 0 Å². The Morgan fingerprint density at radius 3 is 2.54 bits per heavy atom. The van der Waals surface area contributed by atoms with E-state index in [4.69, 9.17) is 51.8 Å². The third-order valence-corrected chi connectivity index (χ3v) is 5.85. The highest BCUT2D eigenvalue weighted by atomic mass is 35.5. The van der Waals surface area contributed by atoms with Crippen LogP contribution in [-0.4, -0.2) is 13.9 Å². The molecule has 0 aliphatic heterocycles. The standard InChI is InChI=1S/C18H13Cl3N2OS2/c19-13-3-1-12(2-4-13)17(10-23-8-7-22-11-23)26-18(25)24-14-5-6-15(20)16(21)9-14/h1-9,11,17H,10H2. The lowest BCUT2D eigenvalue weighted by Crippen LogP contribution is -2.10. The number of thiocarbonyl (C=S) groups is 1. The molecule has 26 heavy (non-hydrogen) atoms. The van der Waals surface area contributed by atoms with Gasteiger partial charge in [-0.25, -0.2) is 4.98 Å². The van der Waals surface area contributed by atoms with Crippen molar-refractivity contribution in [2.75, 3.05) is 0 Å². The molecule has 0 aliphatic rings. The number of rotatable bonds is 5. The first-order chi connectivity index (χ1) is 12.5. The molecule has 1 atom stereocenters. The van der Waals surface area contributed by atoms with E-state index >= 15 is 0 Å². The van der Waals surface area contributed by atoms with Crippen molar-refractivity contribution >= 4 is 63.2 Å². The summed E-state index contributed by atoms with van der Waals surface area (Å²) in [7, 11) is 0. The summed E-state index contributed by atoms with van der Waals surface area (Å²) in [5.41, 5.74) is 1.09. The second-order valence-corrected chi connectivity index (χ2v) is 8.40. The van der Waals surface area contributed by atoms with Gasteiger partial charge in [0.2, 0.25) is 4.38 Å². The van der Waals surface area contributed by atoms with Gasteiger partial charge in [0.1, 0.15) is 5.75 Å². The Kier molecular flexibility index (Phi) is 6.84. The molecule has 0 saturated carbocycles. The van der Waals surface area contributed by atoms with Crippen molar-refractivity contribution < 1.29 is 4.74 Å².